The maximum absolute atomic E-state index is 5.25. The number of nitrogens with zero attached hydrogens (tertiary/aromatic N) is 7. The molecule has 9 aromatic rings. The zero-order valence-corrected chi connectivity index (χ0v) is 24.4. The summed E-state index contributed by atoms with van der Waals surface area (Å²) in [5.74, 6) is 1.68. The molecule has 0 amide bonds. The van der Waals surface area contributed by atoms with E-state index in [1.807, 2.05) is 42.6 Å². The molecule has 0 unspecified atom stereocenters. The standard InChI is InChI=1S/C39H23N7/c1-2-7-27-24(6-1)11-12-31-34(27)30-8-3-4-10-33(30)43-36(31)32-14-13-29(28-9-5-19-42-35(28)32)39-45-37(25-15-20-40-21-16-25)44-38(46-39)26-17-22-41-23-18-26/h1-23H. The van der Waals surface area contributed by atoms with E-state index < -0.39 is 0 Å². The number of hydrogen-bond donors (Lipinski definition) is 0. The van der Waals surface area contributed by atoms with Gasteiger partial charge in [-0.2, -0.15) is 0 Å². The first-order valence-corrected chi connectivity index (χ1v) is 15.0. The van der Waals surface area contributed by atoms with Gasteiger partial charge in [-0.05, 0) is 59.3 Å². The van der Waals surface area contributed by atoms with Gasteiger partial charge < -0.3 is 0 Å². The molecule has 0 N–H and O–H groups in total. The number of hydrogen-bond acceptors (Lipinski definition) is 7. The molecule has 0 aliphatic rings. The van der Waals surface area contributed by atoms with E-state index in [0.29, 0.717) is 17.5 Å². The molecule has 5 heterocycles. The lowest BCUT2D eigenvalue weighted by Gasteiger charge is -2.15. The molecule has 0 aliphatic carbocycles. The highest BCUT2D eigenvalue weighted by molar-refractivity contribution is 6.23. The number of benzene rings is 4. The van der Waals surface area contributed by atoms with E-state index in [-0.39, 0.29) is 0 Å². The Morgan fingerprint density at radius 2 is 1.02 bits per heavy atom. The van der Waals surface area contributed by atoms with Crippen molar-refractivity contribution in [3.63, 3.8) is 0 Å². The number of pyridine rings is 4. The Balaban J connectivity index is 1.31. The van der Waals surface area contributed by atoms with Crippen molar-refractivity contribution in [2.24, 2.45) is 0 Å². The van der Waals surface area contributed by atoms with Crippen LogP contribution in [0.3, 0.4) is 0 Å². The van der Waals surface area contributed by atoms with Crippen molar-refractivity contribution in [3.05, 3.63) is 140 Å². The molecule has 5 aromatic heterocycles. The average Bonchev–Trinajstić information content (AvgIpc) is 3.14. The van der Waals surface area contributed by atoms with Crippen LogP contribution in [-0.2, 0) is 0 Å². The zero-order chi connectivity index (χ0) is 30.5. The normalized spacial score (nSPS) is 11.5. The molecule has 0 fully saturated rings. The van der Waals surface area contributed by atoms with E-state index in [2.05, 4.69) is 82.8 Å². The van der Waals surface area contributed by atoms with E-state index in [1.165, 1.54) is 16.2 Å². The molecular formula is C39H23N7. The molecule has 0 spiro atoms. The third-order valence-electron chi connectivity index (χ3n) is 8.37. The number of aromatic nitrogens is 7. The Kier molecular flexibility index (Phi) is 5.99. The monoisotopic (exact) mass is 589 g/mol. The molecule has 0 saturated carbocycles. The van der Waals surface area contributed by atoms with Gasteiger partial charge in [0, 0.05) is 74.8 Å². The highest BCUT2D eigenvalue weighted by Gasteiger charge is 2.19. The SMILES string of the molecule is c1ccc2c(c1)ccc1c(-c3ccc(-c4nc(-c5ccncc5)nc(-c5ccncc5)n4)c4cccnc34)nc3ccccc3c12. The third kappa shape index (κ3) is 4.25. The molecule has 214 valence electrons. The molecule has 0 atom stereocenters. The van der Waals surface area contributed by atoms with Gasteiger partial charge in [-0.3, -0.25) is 15.0 Å². The summed E-state index contributed by atoms with van der Waals surface area (Å²) in [4.78, 5) is 33.3. The minimum Gasteiger partial charge on any atom is -0.265 e. The van der Waals surface area contributed by atoms with Crippen LogP contribution in [0, 0.1) is 0 Å². The Labute approximate surface area is 263 Å². The molecule has 0 aliphatic heterocycles. The second kappa shape index (κ2) is 10.6. The molecule has 0 radical (unpaired) electrons. The van der Waals surface area contributed by atoms with Gasteiger partial charge in [-0.1, -0.05) is 60.7 Å². The van der Waals surface area contributed by atoms with Gasteiger partial charge in [0.1, 0.15) is 0 Å². The molecule has 0 saturated heterocycles. The van der Waals surface area contributed by atoms with E-state index >= 15 is 0 Å². The summed E-state index contributed by atoms with van der Waals surface area (Å²) in [6.07, 6.45) is 8.78. The van der Waals surface area contributed by atoms with Crippen molar-refractivity contribution >= 4 is 43.4 Å². The Morgan fingerprint density at radius 1 is 0.391 bits per heavy atom. The summed E-state index contributed by atoms with van der Waals surface area (Å²) in [6, 6.07) is 37.0. The van der Waals surface area contributed by atoms with E-state index in [4.69, 9.17) is 24.9 Å². The van der Waals surface area contributed by atoms with Crippen molar-refractivity contribution in [1.82, 2.24) is 34.9 Å². The van der Waals surface area contributed by atoms with Gasteiger partial charge in [0.25, 0.3) is 0 Å². The summed E-state index contributed by atoms with van der Waals surface area (Å²) in [5, 5.41) is 6.72. The lowest BCUT2D eigenvalue weighted by atomic mass is 9.93. The second-order valence-electron chi connectivity index (χ2n) is 11.0. The molecule has 7 nitrogen and oxygen atoms in total. The summed E-state index contributed by atoms with van der Waals surface area (Å²) >= 11 is 0. The summed E-state index contributed by atoms with van der Waals surface area (Å²) in [7, 11) is 0. The molecule has 9 rings (SSSR count). The maximum Gasteiger partial charge on any atom is 0.164 e. The fourth-order valence-corrected chi connectivity index (χ4v) is 6.24. The Morgan fingerprint density at radius 3 is 1.78 bits per heavy atom. The number of para-hydroxylation sites is 1. The van der Waals surface area contributed by atoms with Crippen LogP contribution in [0.15, 0.2) is 140 Å². The molecule has 0 bridgehead atoms. The van der Waals surface area contributed by atoms with Crippen LogP contribution < -0.4 is 0 Å². The zero-order valence-electron chi connectivity index (χ0n) is 24.4. The first-order chi connectivity index (χ1) is 22.8. The van der Waals surface area contributed by atoms with Crippen molar-refractivity contribution in [3.8, 4) is 45.4 Å². The third-order valence-corrected chi connectivity index (χ3v) is 8.37. The predicted molar refractivity (Wildman–Crippen MR) is 183 cm³/mol. The maximum atomic E-state index is 5.25. The second-order valence-corrected chi connectivity index (χ2v) is 11.0. The molecule has 7 heteroatoms. The van der Waals surface area contributed by atoms with Gasteiger partial charge in [0.05, 0.1) is 16.7 Å². The van der Waals surface area contributed by atoms with Gasteiger partial charge in [-0.25, -0.2) is 19.9 Å². The average molecular weight is 590 g/mol. The smallest absolute Gasteiger partial charge is 0.164 e. The van der Waals surface area contributed by atoms with Crippen LogP contribution in [0.4, 0.5) is 0 Å². The quantitative estimate of drug-likeness (QED) is 0.190. The summed E-state index contributed by atoms with van der Waals surface area (Å²) in [5.41, 5.74) is 6.17. The molecule has 4 aromatic carbocycles. The largest absolute Gasteiger partial charge is 0.265 e. The minimum absolute atomic E-state index is 0.556. The van der Waals surface area contributed by atoms with Crippen LogP contribution in [0.25, 0.3) is 88.8 Å². The minimum atomic E-state index is 0.556. The highest BCUT2D eigenvalue weighted by atomic mass is 15.0. The number of rotatable bonds is 4. The van der Waals surface area contributed by atoms with Crippen molar-refractivity contribution < 1.29 is 0 Å². The Hall–Kier alpha value is -6.47. The summed E-state index contributed by atoms with van der Waals surface area (Å²) < 4.78 is 0. The van der Waals surface area contributed by atoms with Crippen molar-refractivity contribution in [2.75, 3.05) is 0 Å². The molecular weight excluding hydrogens is 566 g/mol. The first-order valence-electron chi connectivity index (χ1n) is 15.0. The van der Waals surface area contributed by atoms with Gasteiger partial charge in [0.15, 0.2) is 17.5 Å². The van der Waals surface area contributed by atoms with Crippen LogP contribution >= 0.6 is 0 Å². The van der Waals surface area contributed by atoms with Crippen LogP contribution in [0.2, 0.25) is 0 Å². The lowest BCUT2D eigenvalue weighted by Crippen LogP contribution is -2.01. The van der Waals surface area contributed by atoms with Crippen LogP contribution in [0.5, 0.6) is 0 Å². The molecule has 46 heavy (non-hydrogen) atoms. The van der Waals surface area contributed by atoms with Gasteiger partial charge in [0.2, 0.25) is 0 Å². The fraction of sp³-hybridized carbons (Fsp3) is 0. The lowest BCUT2D eigenvalue weighted by molar-refractivity contribution is 1.07. The summed E-state index contributed by atoms with van der Waals surface area (Å²) in [6.45, 7) is 0. The highest BCUT2D eigenvalue weighted by Crippen LogP contribution is 2.40. The van der Waals surface area contributed by atoms with Gasteiger partial charge >= 0.3 is 0 Å². The van der Waals surface area contributed by atoms with Crippen LogP contribution in [0.1, 0.15) is 0 Å². The van der Waals surface area contributed by atoms with Crippen molar-refractivity contribution in [1.29, 1.82) is 0 Å². The van der Waals surface area contributed by atoms with Gasteiger partial charge in [-0.15, -0.1) is 0 Å². The predicted octanol–water partition coefficient (Wildman–Crippen LogP) is 8.73. The van der Waals surface area contributed by atoms with Crippen molar-refractivity contribution in [2.45, 2.75) is 0 Å². The van der Waals surface area contributed by atoms with E-state index in [1.54, 1.807) is 24.8 Å². The van der Waals surface area contributed by atoms with E-state index in [9.17, 15) is 0 Å². The van der Waals surface area contributed by atoms with E-state index in [0.717, 1.165) is 55.1 Å². The van der Waals surface area contributed by atoms with Crippen LogP contribution in [-0.4, -0.2) is 34.9 Å². The first kappa shape index (κ1) is 26.0. The topological polar surface area (TPSA) is 90.2 Å². The Bertz CT molecular complexity index is 2510. The number of fused-ring (bicyclic) bond motifs is 6. The fourth-order valence-electron chi connectivity index (χ4n) is 6.24.